The van der Waals surface area contributed by atoms with Gasteiger partial charge in [-0.3, -0.25) is 4.79 Å². The lowest BCUT2D eigenvalue weighted by atomic mass is 9.82. The van der Waals surface area contributed by atoms with E-state index in [1.165, 1.54) is 0 Å². The van der Waals surface area contributed by atoms with Gasteiger partial charge in [0.15, 0.2) is 0 Å². The van der Waals surface area contributed by atoms with Gasteiger partial charge in [-0.2, -0.15) is 0 Å². The van der Waals surface area contributed by atoms with Crippen molar-refractivity contribution in [1.82, 2.24) is 0 Å². The fourth-order valence-corrected chi connectivity index (χ4v) is 2.36. The van der Waals surface area contributed by atoms with E-state index in [1.54, 1.807) is 0 Å². The lowest BCUT2D eigenvalue weighted by Crippen LogP contribution is -2.37. The molecule has 1 aliphatic carbocycles. The second-order valence-corrected chi connectivity index (χ2v) is 5.48. The van der Waals surface area contributed by atoms with Crippen molar-refractivity contribution in [3.05, 3.63) is 28.7 Å². The molecule has 1 amide bonds. The van der Waals surface area contributed by atoms with Gasteiger partial charge in [0.25, 0.3) is 0 Å². The first-order valence-electron chi connectivity index (χ1n) is 6.04. The molecular weight excluding hydrogens is 296 g/mol. The van der Waals surface area contributed by atoms with Gasteiger partial charge in [0.2, 0.25) is 5.91 Å². The molecule has 0 unspecified atom stereocenters. The normalized spacial score (nSPS) is 22.3. The van der Waals surface area contributed by atoms with Crippen LogP contribution in [-0.4, -0.2) is 25.2 Å². The van der Waals surface area contributed by atoms with E-state index in [2.05, 4.69) is 21.2 Å². The van der Waals surface area contributed by atoms with Crippen LogP contribution >= 0.6 is 15.9 Å². The zero-order chi connectivity index (χ0) is 13.0. The van der Waals surface area contributed by atoms with Gasteiger partial charge in [-0.05, 0) is 43.5 Å². The maximum absolute atomic E-state index is 11.6. The minimum Gasteiger partial charge on any atom is -0.368 e. The summed E-state index contributed by atoms with van der Waals surface area (Å²) in [5, 5.41) is 2.79. The van der Waals surface area contributed by atoms with Crippen LogP contribution in [0, 0.1) is 5.92 Å². The highest BCUT2D eigenvalue weighted by Gasteiger charge is 2.28. The van der Waals surface area contributed by atoms with Crippen LogP contribution in [0.3, 0.4) is 0 Å². The number of nitrogens with one attached hydrogen (secondary N) is 1. The topological polar surface area (TPSA) is 64.3 Å². The molecule has 2 rings (SSSR count). The number of rotatable bonds is 5. The Morgan fingerprint density at radius 2 is 2.28 bits per heavy atom. The highest BCUT2D eigenvalue weighted by molar-refractivity contribution is 9.10. The minimum absolute atomic E-state index is 0.106. The van der Waals surface area contributed by atoms with Crippen molar-refractivity contribution >= 4 is 27.5 Å². The molecule has 0 atom stereocenters. The quantitative estimate of drug-likeness (QED) is 0.875. The highest BCUT2D eigenvalue weighted by Crippen LogP contribution is 2.28. The largest absolute Gasteiger partial charge is 0.368 e. The summed E-state index contributed by atoms with van der Waals surface area (Å²) in [7, 11) is 0. The maximum atomic E-state index is 11.6. The molecule has 3 N–H and O–H groups in total. The van der Waals surface area contributed by atoms with Crippen LogP contribution in [0.1, 0.15) is 12.8 Å². The van der Waals surface area contributed by atoms with Crippen LogP contribution < -0.4 is 11.1 Å². The van der Waals surface area contributed by atoms with E-state index in [1.807, 2.05) is 24.3 Å². The molecule has 0 radical (unpaired) electrons. The molecule has 0 aliphatic heterocycles. The molecule has 1 saturated carbocycles. The third kappa shape index (κ3) is 3.80. The maximum Gasteiger partial charge on any atom is 0.250 e. The standard InChI is InChI=1S/C13H17BrN2O2/c14-10-2-1-3-11(6-10)16-13(17)8-18-12-4-9(5-12)7-15/h1-3,6,9,12H,4-5,7-8,15H2,(H,16,17). The van der Waals surface area contributed by atoms with Crippen LogP contribution in [0.2, 0.25) is 0 Å². The van der Waals surface area contributed by atoms with Crippen molar-refractivity contribution in [2.45, 2.75) is 18.9 Å². The molecule has 0 aromatic heterocycles. The summed E-state index contributed by atoms with van der Waals surface area (Å²) in [4.78, 5) is 11.6. The van der Waals surface area contributed by atoms with E-state index in [9.17, 15) is 4.79 Å². The Bertz CT molecular complexity index is 419. The van der Waals surface area contributed by atoms with Crippen molar-refractivity contribution in [1.29, 1.82) is 0 Å². The molecule has 1 aromatic carbocycles. The number of carbonyl (C=O) groups is 1. The van der Waals surface area contributed by atoms with Crippen LogP contribution in [-0.2, 0) is 9.53 Å². The first-order chi connectivity index (χ1) is 8.67. The highest BCUT2D eigenvalue weighted by atomic mass is 79.9. The van der Waals surface area contributed by atoms with Crippen molar-refractivity contribution in [3.63, 3.8) is 0 Å². The van der Waals surface area contributed by atoms with Crippen molar-refractivity contribution in [3.8, 4) is 0 Å². The fraction of sp³-hybridized carbons (Fsp3) is 0.462. The Balaban J connectivity index is 1.70. The molecule has 4 nitrogen and oxygen atoms in total. The molecule has 0 heterocycles. The van der Waals surface area contributed by atoms with E-state index in [0.29, 0.717) is 12.5 Å². The first-order valence-corrected chi connectivity index (χ1v) is 6.83. The van der Waals surface area contributed by atoms with Crippen LogP contribution in [0.5, 0.6) is 0 Å². The number of benzene rings is 1. The summed E-state index contributed by atoms with van der Waals surface area (Å²) >= 11 is 3.35. The van der Waals surface area contributed by atoms with Crippen molar-refractivity contribution in [2.24, 2.45) is 11.7 Å². The van der Waals surface area contributed by atoms with E-state index in [-0.39, 0.29) is 18.6 Å². The molecule has 18 heavy (non-hydrogen) atoms. The van der Waals surface area contributed by atoms with Crippen LogP contribution in [0.15, 0.2) is 28.7 Å². The summed E-state index contributed by atoms with van der Waals surface area (Å²) in [6.07, 6.45) is 2.15. The number of carbonyl (C=O) groups excluding carboxylic acids is 1. The van der Waals surface area contributed by atoms with Gasteiger partial charge >= 0.3 is 0 Å². The smallest absolute Gasteiger partial charge is 0.250 e. The summed E-state index contributed by atoms with van der Waals surface area (Å²) in [6.45, 7) is 0.818. The molecule has 1 fully saturated rings. The van der Waals surface area contributed by atoms with Gasteiger partial charge in [-0.25, -0.2) is 0 Å². The summed E-state index contributed by atoms with van der Waals surface area (Å²) < 4.78 is 6.43. The summed E-state index contributed by atoms with van der Waals surface area (Å²) in [5.41, 5.74) is 6.30. The number of hydrogen-bond acceptors (Lipinski definition) is 3. The second-order valence-electron chi connectivity index (χ2n) is 4.56. The Morgan fingerprint density at radius 3 is 2.94 bits per heavy atom. The Morgan fingerprint density at radius 1 is 1.50 bits per heavy atom. The average molecular weight is 313 g/mol. The number of anilines is 1. The van der Waals surface area contributed by atoms with Gasteiger partial charge in [0.05, 0.1) is 6.10 Å². The number of amides is 1. The van der Waals surface area contributed by atoms with Crippen LogP contribution in [0.4, 0.5) is 5.69 Å². The monoisotopic (exact) mass is 312 g/mol. The summed E-state index contributed by atoms with van der Waals surface area (Å²) in [6, 6.07) is 7.48. The first kappa shape index (κ1) is 13.5. The van der Waals surface area contributed by atoms with E-state index in [4.69, 9.17) is 10.5 Å². The predicted molar refractivity (Wildman–Crippen MR) is 74.3 cm³/mol. The van der Waals surface area contributed by atoms with Gasteiger partial charge in [-0.1, -0.05) is 22.0 Å². The lowest BCUT2D eigenvalue weighted by Gasteiger charge is -2.33. The van der Waals surface area contributed by atoms with E-state index < -0.39 is 0 Å². The fourth-order valence-electron chi connectivity index (χ4n) is 1.96. The number of ether oxygens (including phenoxy) is 1. The molecule has 0 spiro atoms. The van der Waals surface area contributed by atoms with Gasteiger partial charge in [0, 0.05) is 10.2 Å². The zero-order valence-corrected chi connectivity index (χ0v) is 11.7. The van der Waals surface area contributed by atoms with Crippen LogP contribution in [0.25, 0.3) is 0 Å². The molecule has 98 valence electrons. The number of nitrogens with two attached hydrogens (primary N) is 1. The Labute approximate surface area is 115 Å². The Hall–Kier alpha value is -0.910. The Kier molecular flexibility index (Phi) is 4.74. The SMILES string of the molecule is NCC1CC(OCC(=O)Nc2cccc(Br)c2)C1. The number of hydrogen-bond donors (Lipinski definition) is 2. The summed E-state index contributed by atoms with van der Waals surface area (Å²) in [5.74, 6) is 0.451. The molecule has 1 aliphatic rings. The zero-order valence-electron chi connectivity index (χ0n) is 10.1. The molecule has 1 aromatic rings. The number of halogens is 1. The minimum atomic E-state index is -0.121. The van der Waals surface area contributed by atoms with Gasteiger partial charge < -0.3 is 15.8 Å². The van der Waals surface area contributed by atoms with E-state index >= 15 is 0 Å². The third-order valence-corrected chi connectivity index (χ3v) is 3.58. The predicted octanol–water partition coefficient (Wildman–Crippen LogP) is 2.14. The molecule has 0 saturated heterocycles. The molecule has 5 heteroatoms. The second kappa shape index (κ2) is 6.31. The van der Waals surface area contributed by atoms with Crippen molar-refractivity contribution in [2.75, 3.05) is 18.5 Å². The molecule has 0 bridgehead atoms. The van der Waals surface area contributed by atoms with Crippen molar-refractivity contribution < 1.29 is 9.53 Å². The lowest BCUT2D eigenvalue weighted by molar-refractivity contribution is -0.125. The molecular formula is C13H17BrN2O2. The third-order valence-electron chi connectivity index (χ3n) is 3.08. The van der Waals surface area contributed by atoms with E-state index in [0.717, 1.165) is 23.0 Å². The van der Waals surface area contributed by atoms with Gasteiger partial charge in [-0.15, -0.1) is 0 Å². The van der Waals surface area contributed by atoms with Gasteiger partial charge in [0.1, 0.15) is 6.61 Å². The average Bonchev–Trinajstić information content (AvgIpc) is 2.27.